The van der Waals surface area contributed by atoms with E-state index < -0.39 is 10.2 Å². The maximum atomic E-state index is 12.4. The molecule has 112 valence electrons. The number of hydrogen-bond acceptors (Lipinski definition) is 4. The lowest BCUT2D eigenvalue weighted by Crippen LogP contribution is -2.53. The molecular weight excluding hydrogens is 268 g/mol. The molecule has 1 fully saturated rings. The Balaban J connectivity index is 2.69. The minimum Gasteiger partial charge on any atom is -0.353 e. The van der Waals surface area contributed by atoms with Gasteiger partial charge in [-0.3, -0.25) is 4.79 Å². The summed E-state index contributed by atoms with van der Waals surface area (Å²) in [7, 11) is -3.54. The van der Waals surface area contributed by atoms with E-state index >= 15 is 0 Å². The fourth-order valence-corrected chi connectivity index (χ4v) is 3.50. The van der Waals surface area contributed by atoms with E-state index in [2.05, 4.69) is 10.6 Å². The van der Waals surface area contributed by atoms with E-state index in [1.54, 1.807) is 6.92 Å². The zero-order valence-electron chi connectivity index (χ0n) is 11.8. The minimum absolute atomic E-state index is 0.00750. The van der Waals surface area contributed by atoms with E-state index in [-0.39, 0.29) is 25.0 Å². The van der Waals surface area contributed by atoms with Gasteiger partial charge in [0.1, 0.15) is 0 Å². The highest BCUT2D eigenvalue weighted by atomic mass is 32.2. The number of nitrogens with zero attached hydrogens (tertiary/aromatic N) is 2. The summed E-state index contributed by atoms with van der Waals surface area (Å²) >= 11 is 0. The maximum absolute atomic E-state index is 12.4. The van der Waals surface area contributed by atoms with Crippen LogP contribution < -0.4 is 10.6 Å². The molecule has 1 amide bonds. The topological polar surface area (TPSA) is 81.8 Å². The molecule has 1 aliphatic rings. The zero-order valence-corrected chi connectivity index (χ0v) is 12.7. The van der Waals surface area contributed by atoms with Gasteiger partial charge in [-0.2, -0.15) is 17.0 Å². The average Bonchev–Trinajstić information content (AvgIpc) is 2.36. The van der Waals surface area contributed by atoms with Gasteiger partial charge in [-0.1, -0.05) is 6.92 Å². The molecule has 0 radical (unpaired) electrons. The van der Waals surface area contributed by atoms with Gasteiger partial charge < -0.3 is 10.6 Å². The van der Waals surface area contributed by atoms with Crippen LogP contribution in [0.25, 0.3) is 0 Å². The Bertz CT molecular complexity index is 391. The van der Waals surface area contributed by atoms with Crippen LogP contribution in [0.3, 0.4) is 0 Å². The second kappa shape index (κ2) is 7.18. The van der Waals surface area contributed by atoms with Crippen molar-refractivity contribution in [3.8, 4) is 0 Å². The highest BCUT2D eigenvalue weighted by Gasteiger charge is 2.30. The molecule has 1 aliphatic heterocycles. The summed E-state index contributed by atoms with van der Waals surface area (Å²) in [6.45, 7) is 7.79. The first-order valence-electron chi connectivity index (χ1n) is 6.63. The number of nitrogens with one attached hydrogen (secondary N) is 2. The molecule has 0 saturated carbocycles. The summed E-state index contributed by atoms with van der Waals surface area (Å²) in [5.74, 6) is -0.268. The SMILES string of the molecule is CCN(CC(=O)NC(C)C)S(=O)(=O)N1CCNCC1. The summed E-state index contributed by atoms with van der Waals surface area (Å²) in [5, 5.41) is 5.81. The lowest BCUT2D eigenvalue weighted by atomic mass is 10.4. The maximum Gasteiger partial charge on any atom is 0.282 e. The van der Waals surface area contributed by atoms with E-state index in [1.807, 2.05) is 13.8 Å². The van der Waals surface area contributed by atoms with Crippen molar-refractivity contribution in [1.82, 2.24) is 19.2 Å². The van der Waals surface area contributed by atoms with E-state index in [0.29, 0.717) is 26.2 Å². The first-order chi connectivity index (χ1) is 8.87. The molecule has 7 nitrogen and oxygen atoms in total. The first-order valence-corrected chi connectivity index (χ1v) is 8.03. The number of carbonyl (C=O) groups excluding carboxylic acids is 1. The largest absolute Gasteiger partial charge is 0.353 e. The molecule has 0 bridgehead atoms. The summed E-state index contributed by atoms with van der Waals surface area (Å²) in [6.07, 6.45) is 0. The molecule has 1 rings (SSSR count). The monoisotopic (exact) mass is 292 g/mol. The van der Waals surface area contributed by atoms with Gasteiger partial charge in [0.25, 0.3) is 10.2 Å². The second-order valence-corrected chi connectivity index (χ2v) is 6.73. The summed E-state index contributed by atoms with van der Waals surface area (Å²) < 4.78 is 27.4. The Labute approximate surface area is 115 Å². The molecule has 0 aromatic rings. The summed E-state index contributed by atoms with van der Waals surface area (Å²) in [6, 6.07) is 0.00750. The van der Waals surface area contributed by atoms with Gasteiger partial charge in [0.15, 0.2) is 0 Å². The minimum atomic E-state index is -3.54. The fraction of sp³-hybridized carbons (Fsp3) is 0.909. The summed E-state index contributed by atoms with van der Waals surface area (Å²) in [4.78, 5) is 11.7. The highest BCUT2D eigenvalue weighted by Crippen LogP contribution is 2.09. The summed E-state index contributed by atoms with van der Waals surface area (Å²) in [5.41, 5.74) is 0. The van der Waals surface area contributed by atoms with Gasteiger partial charge in [0.05, 0.1) is 6.54 Å². The Morgan fingerprint density at radius 1 is 1.37 bits per heavy atom. The van der Waals surface area contributed by atoms with Crippen LogP contribution >= 0.6 is 0 Å². The molecule has 0 aromatic heterocycles. The predicted molar refractivity (Wildman–Crippen MR) is 73.9 cm³/mol. The second-order valence-electron chi connectivity index (χ2n) is 4.81. The Kier molecular flexibility index (Phi) is 6.18. The molecule has 1 heterocycles. The first kappa shape index (κ1) is 16.4. The van der Waals surface area contributed by atoms with Crippen LogP contribution in [-0.2, 0) is 15.0 Å². The van der Waals surface area contributed by atoms with Crippen molar-refractivity contribution in [1.29, 1.82) is 0 Å². The number of hydrogen-bond donors (Lipinski definition) is 2. The number of likely N-dealkylation sites (N-methyl/N-ethyl adjacent to an activating group) is 1. The van der Waals surface area contributed by atoms with Crippen molar-refractivity contribution in [3.05, 3.63) is 0 Å². The van der Waals surface area contributed by atoms with Crippen LogP contribution in [-0.4, -0.2) is 68.2 Å². The number of amides is 1. The van der Waals surface area contributed by atoms with Crippen LogP contribution in [0.5, 0.6) is 0 Å². The molecule has 0 spiro atoms. The third kappa shape index (κ3) is 4.72. The van der Waals surface area contributed by atoms with Gasteiger partial charge in [-0.05, 0) is 13.8 Å². The van der Waals surface area contributed by atoms with Crippen LogP contribution in [0, 0.1) is 0 Å². The fourth-order valence-electron chi connectivity index (χ4n) is 1.92. The molecule has 0 aliphatic carbocycles. The lowest BCUT2D eigenvalue weighted by Gasteiger charge is -2.31. The van der Waals surface area contributed by atoms with Crippen LogP contribution in [0.15, 0.2) is 0 Å². The molecular formula is C11H24N4O3S. The van der Waals surface area contributed by atoms with Gasteiger partial charge in [-0.25, -0.2) is 0 Å². The van der Waals surface area contributed by atoms with Crippen molar-refractivity contribution in [2.75, 3.05) is 39.3 Å². The Hall–Kier alpha value is -0.700. The van der Waals surface area contributed by atoms with Crippen molar-refractivity contribution < 1.29 is 13.2 Å². The smallest absolute Gasteiger partial charge is 0.282 e. The van der Waals surface area contributed by atoms with Crippen LogP contribution in [0.4, 0.5) is 0 Å². The van der Waals surface area contributed by atoms with E-state index in [9.17, 15) is 13.2 Å². The molecule has 0 atom stereocenters. The van der Waals surface area contributed by atoms with Gasteiger partial charge in [0, 0.05) is 38.8 Å². The molecule has 19 heavy (non-hydrogen) atoms. The van der Waals surface area contributed by atoms with Gasteiger partial charge in [-0.15, -0.1) is 0 Å². The van der Waals surface area contributed by atoms with Gasteiger partial charge >= 0.3 is 0 Å². The van der Waals surface area contributed by atoms with Crippen LogP contribution in [0.2, 0.25) is 0 Å². The van der Waals surface area contributed by atoms with E-state index in [0.717, 1.165) is 0 Å². The number of carbonyl (C=O) groups is 1. The molecule has 1 saturated heterocycles. The quantitative estimate of drug-likeness (QED) is 0.657. The molecule has 0 unspecified atom stereocenters. The van der Waals surface area contributed by atoms with E-state index in [1.165, 1.54) is 8.61 Å². The standard InChI is InChI=1S/C11H24N4O3S/c1-4-14(9-11(16)13-10(2)3)19(17,18)15-7-5-12-6-8-15/h10,12H,4-9H2,1-3H3,(H,13,16). The van der Waals surface area contributed by atoms with Crippen molar-refractivity contribution in [2.24, 2.45) is 0 Å². The van der Waals surface area contributed by atoms with Crippen LogP contribution in [0.1, 0.15) is 20.8 Å². The predicted octanol–water partition coefficient (Wildman–Crippen LogP) is -1.02. The van der Waals surface area contributed by atoms with Crippen molar-refractivity contribution in [2.45, 2.75) is 26.8 Å². The normalized spacial score (nSPS) is 17.9. The van der Waals surface area contributed by atoms with E-state index in [4.69, 9.17) is 0 Å². The van der Waals surface area contributed by atoms with Gasteiger partial charge in [0.2, 0.25) is 5.91 Å². The highest BCUT2D eigenvalue weighted by molar-refractivity contribution is 7.86. The third-order valence-electron chi connectivity index (χ3n) is 2.85. The molecule has 0 aromatic carbocycles. The number of rotatable bonds is 6. The zero-order chi connectivity index (χ0) is 14.5. The average molecular weight is 292 g/mol. The molecule has 8 heteroatoms. The van der Waals surface area contributed by atoms with Crippen molar-refractivity contribution in [3.63, 3.8) is 0 Å². The Morgan fingerprint density at radius 3 is 2.42 bits per heavy atom. The Morgan fingerprint density at radius 2 is 1.95 bits per heavy atom. The third-order valence-corrected chi connectivity index (χ3v) is 4.91. The van der Waals surface area contributed by atoms with Crippen molar-refractivity contribution >= 4 is 16.1 Å². The lowest BCUT2D eigenvalue weighted by molar-refractivity contribution is -0.121. The number of piperazine rings is 1. The molecule has 2 N–H and O–H groups in total.